The molecule has 1 heterocycles. The van der Waals surface area contributed by atoms with Crippen LogP contribution >= 0.6 is 0 Å². The van der Waals surface area contributed by atoms with Crippen molar-refractivity contribution in [2.24, 2.45) is 0 Å². The highest BCUT2D eigenvalue weighted by molar-refractivity contribution is 5.79. The van der Waals surface area contributed by atoms with Gasteiger partial charge < -0.3 is 9.88 Å². The molecule has 0 aliphatic rings. The molecule has 0 saturated carbocycles. The van der Waals surface area contributed by atoms with Crippen molar-refractivity contribution in [2.75, 3.05) is 7.05 Å². The molecule has 11 heavy (non-hydrogen) atoms. The molecule has 1 aromatic rings. The Morgan fingerprint density at radius 2 is 2.00 bits per heavy atom. The average molecular weight is 152 g/mol. The Bertz CT molecular complexity index is 228. The maximum atomic E-state index is 11.1. The van der Waals surface area contributed by atoms with Gasteiger partial charge in [0.05, 0.1) is 0 Å². The zero-order valence-corrected chi connectivity index (χ0v) is 6.74. The molecule has 0 saturated heterocycles. The summed E-state index contributed by atoms with van der Waals surface area (Å²) in [6.07, 6.45) is 3.75. The van der Waals surface area contributed by atoms with E-state index in [0.717, 1.165) is 0 Å². The molecule has 0 radical (unpaired) electrons. The van der Waals surface area contributed by atoms with Crippen LogP contribution in [0.25, 0.3) is 0 Å². The van der Waals surface area contributed by atoms with Gasteiger partial charge in [0.1, 0.15) is 6.04 Å². The van der Waals surface area contributed by atoms with Crippen molar-refractivity contribution in [3.05, 3.63) is 24.5 Å². The summed E-state index contributed by atoms with van der Waals surface area (Å²) in [7, 11) is 1.64. The summed E-state index contributed by atoms with van der Waals surface area (Å²) in [5.74, 6) is 0.0289. The molecule has 1 aromatic heterocycles. The number of amides is 1. The standard InChI is InChI=1S/C8H12N2O/c1-7(8(11)9-2)10-5-3-4-6-10/h3-7H,1-2H3,(H,9,11). The fourth-order valence-corrected chi connectivity index (χ4v) is 0.950. The number of hydrogen-bond acceptors (Lipinski definition) is 1. The monoisotopic (exact) mass is 152 g/mol. The second kappa shape index (κ2) is 3.23. The van der Waals surface area contributed by atoms with Gasteiger partial charge in [-0.15, -0.1) is 0 Å². The zero-order chi connectivity index (χ0) is 8.27. The zero-order valence-electron chi connectivity index (χ0n) is 6.74. The number of hydrogen-bond donors (Lipinski definition) is 1. The summed E-state index contributed by atoms with van der Waals surface area (Å²) >= 11 is 0. The molecular weight excluding hydrogens is 140 g/mol. The Morgan fingerprint density at radius 1 is 1.45 bits per heavy atom. The van der Waals surface area contributed by atoms with Crippen molar-refractivity contribution in [1.82, 2.24) is 9.88 Å². The predicted octanol–water partition coefficient (Wildman–Crippen LogP) is 0.795. The fraction of sp³-hybridized carbons (Fsp3) is 0.375. The maximum Gasteiger partial charge on any atom is 0.242 e. The quantitative estimate of drug-likeness (QED) is 0.668. The summed E-state index contributed by atoms with van der Waals surface area (Å²) in [5, 5.41) is 2.59. The van der Waals surface area contributed by atoms with E-state index in [1.54, 1.807) is 7.05 Å². The number of likely N-dealkylation sites (N-methyl/N-ethyl adjacent to an activating group) is 1. The van der Waals surface area contributed by atoms with Gasteiger partial charge in [0, 0.05) is 19.4 Å². The number of rotatable bonds is 2. The van der Waals surface area contributed by atoms with Crippen molar-refractivity contribution in [1.29, 1.82) is 0 Å². The smallest absolute Gasteiger partial charge is 0.242 e. The van der Waals surface area contributed by atoms with E-state index >= 15 is 0 Å². The van der Waals surface area contributed by atoms with Crippen molar-refractivity contribution in [3.63, 3.8) is 0 Å². The molecular formula is C8H12N2O. The van der Waals surface area contributed by atoms with Gasteiger partial charge in [-0.3, -0.25) is 4.79 Å². The molecule has 0 fully saturated rings. The van der Waals surface area contributed by atoms with Crippen LogP contribution in [0.2, 0.25) is 0 Å². The van der Waals surface area contributed by atoms with Crippen molar-refractivity contribution >= 4 is 5.91 Å². The highest BCUT2D eigenvalue weighted by Gasteiger charge is 2.10. The van der Waals surface area contributed by atoms with Crippen LogP contribution in [0.15, 0.2) is 24.5 Å². The lowest BCUT2D eigenvalue weighted by Gasteiger charge is -2.10. The lowest BCUT2D eigenvalue weighted by molar-refractivity contribution is -0.123. The fourth-order valence-electron chi connectivity index (χ4n) is 0.950. The molecule has 1 N–H and O–H groups in total. The second-order valence-electron chi connectivity index (χ2n) is 2.42. The van der Waals surface area contributed by atoms with Gasteiger partial charge in [0.25, 0.3) is 0 Å². The SMILES string of the molecule is CNC(=O)C(C)n1cccc1. The molecule has 3 heteroatoms. The van der Waals surface area contributed by atoms with E-state index in [4.69, 9.17) is 0 Å². The maximum absolute atomic E-state index is 11.1. The molecule has 0 bridgehead atoms. The van der Waals surface area contributed by atoms with Crippen LogP contribution in [0.5, 0.6) is 0 Å². The Kier molecular flexibility index (Phi) is 2.31. The first-order valence-corrected chi connectivity index (χ1v) is 3.59. The van der Waals surface area contributed by atoms with Crippen molar-refractivity contribution < 1.29 is 4.79 Å². The van der Waals surface area contributed by atoms with Crippen LogP contribution in [0.1, 0.15) is 13.0 Å². The predicted molar refractivity (Wildman–Crippen MR) is 43.2 cm³/mol. The lowest BCUT2D eigenvalue weighted by atomic mass is 10.3. The molecule has 0 aromatic carbocycles. The van der Waals surface area contributed by atoms with E-state index in [1.165, 1.54) is 0 Å². The van der Waals surface area contributed by atoms with E-state index in [0.29, 0.717) is 0 Å². The third-order valence-electron chi connectivity index (χ3n) is 1.70. The number of carbonyl (C=O) groups excluding carboxylic acids is 1. The van der Waals surface area contributed by atoms with E-state index in [2.05, 4.69) is 5.32 Å². The van der Waals surface area contributed by atoms with E-state index in [-0.39, 0.29) is 11.9 Å². The van der Waals surface area contributed by atoms with Crippen molar-refractivity contribution in [3.8, 4) is 0 Å². The van der Waals surface area contributed by atoms with E-state index in [1.807, 2.05) is 36.0 Å². The molecule has 3 nitrogen and oxygen atoms in total. The van der Waals surface area contributed by atoms with Gasteiger partial charge in [-0.1, -0.05) is 0 Å². The van der Waals surface area contributed by atoms with Gasteiger partial charge in [0.15, 0.2) is 0 Å². The van der Waals surface area contributed by atoms with Gasteiger partial charge in [0.2, 0.25) is 5.91 Å². The first-order valence-electron chi connectivity index (χ1n) is 3.59. The van der Waals surface area contributed by atoms with Gasteiger partial charge in [-0.25, -0.2) is 0 Å². The average Bonchev–Trinajstić information content (AvgIpc) is 2.53. The largest absolute Gasteiger partial charge is 0.357 e. The molecule has 0 aliphatic carbocycles. The molecule has 1 rings (SSSR count). The Hall–Kier alpha value is -1.25. The third kappa shape index (κ3) is 1.61. The van der Waals surface area contributed by atoms with Crippen LogP contribution in [0.4, 0.5) is 0 Å². The van der Waals surface area contributed by atoms with E-state index < -0.39 is 0 Å². The highest BCUT2D eigenvalue weighted by atomic mass is 16.2. The van der Waals surface area contributed by atoms with Crippen molar-refractivity contribution in [2.45, 2.75) is 13.0 Å². The van der Waals surface area contributed by atoms with Crippen LogP contribution in [0.3, 0.4) is 0 Å². The molecule has 1 amide bonds. The minimum absolute atomic E-state index is 0.0289. The van der Waals surface area contributed by atoms with Gasteiger partial charge in [-0.05, 0) is 19.1 Å². The number of aromatic nitrogens is 1. The second-order valence-corrected chi connectivity index (χ2v) is 2.42. The Balaban J connectivity index is 2.70. The highest BCUT2D eigenvalue weighted by Crippen LogP contribution is 2.04. The van der Waals surface area contributed by atoms with Gasteiger partial charge in [-0.2, -0.15) is 0 Å². The van der Waals surface area contributed by atoms with Crippen LogP contribution in [0, 0.1) is 0 Å². The van der Waals surface area contributed by atoms with Crippen LogP contribution in [-0.2, 0) is 4.79 Å². The minimum Gasteiger partial charge on any atom is -0.357 e. The molecule has 0 spiro atoms. The Labute approximate surface area is 66.0 Å². The van der Waals surface area contributed by atoms with Crippen LogP contribution < -0.4 is 5.32 Å². The molecule has 1 unspecified atom stereocenters. The molecule has 0 aliphatic heterocycles. The summed E-state index contributed by atoms with van der Waals surface area (Å²) < 4.78 is 1.86. The topological polar surface area (TPSA) is 34.0 Å². The normalized spacial score (nSPS) is 12.5. The summed E-state index contributed by atoms with van der Waals surface area (Å²) in [6, 6.07) is 3.69. The minimum atomic E-state index is -0.116. The first kappa shape index (κ1) is 7.85. The Morgan fingerprint density at radius 3 is 2.45 bits per heavy atom. The summed E-state index contributed by atoms with van der Waals surface area (Å²) in [6.45, 7) is 1.86. The van der Waals surface area contributed by atoms with Gasteiger partial charge >= 0.3 is 0 Å². The lowest BCUT2D eigenvalue weighted by Crippen LogP contribution is -2.26. The van der Waals surface area contributed by atoms with E-state index in [9.17, 15) is 4.79 Å². The van der Waals surface area contributed by atoms with Crippen LogP contribution in [-0.4, -0.2) is 17.5 Å². The molecule has 1 atom stereocenters. The first-order chi connectivity index (χ1) is 5.25. The number of carbonyl (C=O) groups is 1. The number of nitrogens with one attached hydrogen (secondary N) is 1. The third-order valence-corrected chi connectivity index (χ3v) is 1.70. The number of nitrogens with zero attached hydrogens (tertiary/aromatic N) is 1. The molecule has 60 valence electrons. The summed E-state index contributed by atoms with van der Waals surface area (Å²) in [4.78, 5) is 11.1. The summed E-state index contributed by atoms with van der Waals surface area (Å²) in [5.41, 5.74) is 0.